The van der Waals surface area contributed by atoms with Gasteiger partial charge in [-0.15, -0.1) is 0 Å². The van der Waals surface area contributed by atoms with E-state index in [-0.39, 0.29) is 0 Å². The molecule has 1 aromatic carbocycles. The molecule has 0 atom stereocenters. The number of hydrogen-bond acceptors (Lipinski definition) is 2. The predicted molar refractivity (Wildman–Crippen MR) is 49.8 cm³/mol. The molecule has 2 heteroatoms. The molecule has 0 N–H and O–H groups in total. The number of hydrogen-bond donors (Lipinski definition) is 0. The highest BCUT2D eigenvalue weighted by atomic mass is 15.1. The average Bonchev–Trinajstić information content (AvgIpc) is 2.17. The molecule has 62 valence electrons. The van der Waals surface area contributed by atoms with Crippen LogP contribution in [0.1, 0.15) is 12.5 Å². The van der Waals surface area contributed by atoms with Crippen molar-refractivity contribution in [2.24, 2.45) is 0 Å². The summed E-state index contributed by atoms with van der Waals surface area (Å²) in [5.41, 5.74) is 2.24. The van der Waals surface area contributed by atoms with E-state index >= 15 is 0 Å². The van der Waals surface area contributed by atoms with Crippen LogP contribution in [0, 0.1) is 11.5 Å². The van der Waals surface area contributed by atoms with Crippen LogP contribution in [0.5, 0.6) is 0 Å². The fraction of sp³-hybridized carbons (Fsp3) is 0.300. The Morgan fingerprint density at radius 1 is 1.33 bits per heavy atom. The second kappa shape index (κ2) is 3.77. The quantitative estimate of drug-likeness (QED) is 0.489. The summed E-state index contributed by atoms with van der Waals surface area (Å²) in [4.78, 5) is 1.54. The summed E-state index contributed by atoms with van der Waals surface area (Å²) >= 11 is 0. The first-order valence-electron chi connectivity index (χ1n) is 4.00. The third-order valence-electron chi connectivity index (χ3n) is 1.88. The first kappa shape index (κ1) is 8.61. The standard InChI is InChI=1S/C10H12N2/c1-3-9-4-6-10(7-5-9)12(2)8-11/h4-7H,3H2,1-2H3. The molecule has 0 bridgehead atoms. The van der Waals surface area contributed by atoms with E-state index in [1.165, 1.54) is 5.56 Å². The smallest absolute Gasteiger partial charge is 0.183 e. The summed E-state index contributed by atoms with van der Waals surface area (Å²) in [6.45, 7) is 2.11. The molecule has 0 amide bonds. The molecule has 0 saturated carbocycles. The number of nitrogens with zero attached hydrogens (tertiary/aromatic N) is 2. The molecular formula is C10H12N2. The maximum absolute atomic E-state index is 8.59. The van der Waals surface area contributed by atoms with Gasteiger partial charge < -0.3 is 0 Å². The van der Waals surface area contributed by atoms with Crippen molar-refractivity contribution in [1.29, 1.82) is 5.26 Å². The van der Waals surface area contributed by atoms with Crippen LogP contribution < -0.4 is 4.90 Å². The normalized spacial score (nSPS) is 9.08. The molecule has 0 aliphatic heterocycles. The van der Waals surface area contributed by atoms with Crippen LogP contribution in [0.4, 0.5) is 5.69 Å². The van der Waals surface area contributed by atoms with Crippen LogP contribution in [0.15, 0.2) is 24.3 Å². The Hall–Kier alpha value is -1.49. The fourth-order valence-corrected chi connectivity index (χ4v) is 1.01. The average molecular weight is 160 g/mol. The molecule has 0 radical (unpaired) electrons. The largest absolute Gasteiger partial charge is 0.283 e. The van der Waals surface area contributed by atoms with Crippen molar-refractivity contribution < 1.29 is 0 Å². The highest BCUT2D eigenvalue weighted by molar-refractivity contribution is 5.50. The van der Waals surface area contributed by atoms with Crippen molar-refractivity contribution >= 4 is 5.69 Å². The Morgan fingerprint density at radius 3 is 2.33 bits per heavy atom. The molecule has 12 heavy (non-hydrogen) atoms. The minimum Gasteiger partial charge on any atom is -0.283 e. The lowest BCUT2D eigenvalue weighted by Gasteiger charge is -2.08. The Morgan fingerprint density at radius 2 is 1.92 bits per heavy atom. The van der Waals surface area contributed by atoms with Gasteiger partial charge in [0.25, 0.3) is 0 Å². The molecule has 2 nitrogen and oxygen atoms in total. The topological polar surface area (TPSA) is 27.0 Å². The van der Waals surface area contributed by atoms with Crippen molar-refractivity contribution in [3.05, 3.63) is 29.8 Å². The van der Waals surface area contributed by atoms with Gasteiger partial charge >= 0.3 is 0 Å². The summed E-state index contributed by atoms with van der Waals surface area (Å²) in [5, 5.41) is 8.59. The van der Waals surface area contributed by atoms with Crippen molar-refractivity contribution in [3.8, 4) is 6.19 Å². The number of rotatable bonds is 2. The summed E-state index contributed by atoms with van der Waals surface area (Å²) in [6, 6.07) is 8.01. The van der Waals surface area contributed by atoms with Crippen LogP contribution in [0.2, 0.25) is 0 Å². The minimum absolute atomic E-state index is 0.940. The summed E-state index contributed by atoms with van der Waals surface area (Å²) in [7, 11) is 1.75. The van der Waals surface area contributed by atoms with Crippen molar-refractivity contribution in [2.45, 2.75) is 13.3 Å². The Bertz CT molecular complexity index is 282. The van der Waals surface area contributed by atoms with Crippen LogP contribution >= 0.6 is 0 Å². The Balaban J connectivity index is 2.86. The molecule has 1 rings (SSSR count). The fourth-order valence-electron chi connectivity index (χ4n) is 1.01. The molecule has 0 aliphatic rings. The van der Waals surface area contributed by atoms with E-state index in [0.29, 0.717) is 0 Å². The van der Waals surface area contributed by atoms with Gasteiger partial charge in [-0.3, -0.25) is 4.90 Å². The van der Waals surface area contributed by atoms with Crippen molar-refractivity contribution in [1.82, 2.24) is 0 Å². The molecule has 0 fully saturated rings. The van der Waals surface area contributed by atoms with Gasteiger partial charge in [-0.2, -0.15) is 5.26 Å². The number of anilines is 1. The lowest BCUT2D eigenvalue weighted by atomic mass is 10.1. The molecule has 0 heterocycles. The van der Waals surface area contributed by atoms with E-state index < -0.39 is 0 Å². The second-order valence-electron chi connectivity index (χ2n) is 2.68. The van der Waals surface area contributed by atoms with Gasteiger partial charge in [0, 0.05) is 7.05 Å². The van der Waals surface area contributed by atoms with E-state index in [2.05, 4.69) is 13.1 Å². The van der Waals surface area contributed by atoms with Crippen molar-refractivity contribution in [2.75, 3.05) is 11.9 Å². The maximum atomic E-state index is 8.59. The Kier molecular flexibility index (Phi) is 2.71. The maximum Gasteiger partial charge on any atom is 0.183 e. The SMILES string of the molecule is CCc1ccc(N(C)C#N)cc1. The minimum atomic E-state index is 0.940. The van der Waals surface area contributed by atoms with Crippen LogP contribution in [0.3, 0.4) is 0 Å². The van der Waals surface area contributed by atoms with Crippen molar-refractivity contribution in [3.63, 3.8) is 0 Å². The molecule has 1 aromatic rings. The van der Waals surface area contributed by atoms with Gasteiger partial charge in [-0.25, -0.2) is 0 Å². The zero-order valence-corrected chi connectivity index (χ0v) is 7.41. The number of aryl methyl sites for hydroxylation is 1. The van der Waals surface area contributed by atoms with Gasteiger partial charge in [-0.1, -0.05) is 19.1 Å². The van der Waals surface area contributed by atoms with E-state index in [1.807, 2.05) is 24.3 Å². The van der Waals surface area contributed by atoms with Gasteiger partial charge in [0.15, 0.2) is 6.19 Å². The number of nitriles is 1. The van der Waals surface area contributed by atoms with Gasteiger partial charge in [0.1, 0.15) is 0 Å². The summed E-state index contributed by atoms with van der Waals surface area (Å²) in [5.74, 6) is 0. The summed E-state index contributed by atoms with van der Waals surface area (Å²) < 4.78 is 0. The number of benzene rings is 1. The third kappa shape index (κ3) is 1.76. The lowest BCUT2D eigenvalue weighted by Crippen LogP contribution is -2.07. The second-order valence-corrected chi connectivity index (χ2v) is 2.68. The van der Waals surface area contributed by atoms with Crippen LogP contribution in [0.25, 0.3) is 0 Å². The van der Waals surface area contributed by atoms with Crippen LogP contribution in [-0.2, 0) is 6.42 Å². The highest BCUT2D eigenvalue weighted by Crippen LogP contribution is 2.12. The molecular weight excluding hydrogens is 148 g/mol. The lowest BCUT2D eigenvalue weighted by molar-refractivity contribution is 1.13. The van der Waals surface area contributed by atoms with Crippen LogP contribution in [-0.4, -0.2) is 7.05 Å². The van der Waals surface area contributed by atoms with E-state index in [0.717, 1.165) is 12.1 Å². The predicted octanol–water partition coefficient (Wildman–Crippen LogP) is 2.17. The molecule has 0 aliphatic carbocycles. The molecule has 0 saturated heterocycles. The highest BCUT2D eigenvalue weighted by Gasteiger charge is 1.96. The van der Waals surface area contributed by atoms with Gasteiger partial charge in [0.05, 0.1) is 5.69 Å². The molecule has 0 spiro atoms. The molecule has 0 unspecified atom stereocenters. The zero-order chi connectivity index (χ0) is 8.97. The van der Waals surface area contributed by atoms with Gasteiger partial charge in [0.2, 0.25) is 0 Å². The Labute approximate surface area is 73.0 Å². The third-order valence-corrected chi connectivity index (χ3v) is 1.88. The first-order valence-corrected chi connectivity index (χ1v) is 4.00. The molecule has 0 aromatic heterocycles. The van der Waals surface area contributed by atoms with Gasteiger partial charge in [-0.05, 0) is 24.1 Å². The van der Waals surface area contributed by atoms with E-state index in [1.54, 1.807) is 11.9 Å². The van der Waals surface area contributed by atoms with E-state index in [4.69, 9.17) is 5.26 Å². The zero-order valence-electron chi connectivity index (χ0n) is 7.41. The summed E-state index contributed by atoms with van der Waals surface area (Å²) in [6.07, 6.45) is 3.09. The first-order chi connectivity index (χ1) is 5.77. The van der Waals surface area contributed by atoms with E-state index in [9.17, 15) is 0 Å². The monoisotopic (exact) mass is 160 g/mol.